The van der Waals surface area contributed by atoms with Crippen LogP contribution in [0.2, 0.25) is 5.02 Å². The van der Waals surface area contributed by atoms with Crippen LogP contribution in [-0.4, -0.2) is 22.0 Å². The molecule has 100 valence electrons. The smallest absolute Gasteiger partial charge is 0.340 e. The van der Waals surface area contributed by atoms with E-state index in [-0.39, 0.29) is 5.56 Å². The van der Waals surface area contributed by atoms with Gasteiger partial charge in [0.05, 0.1) is 5.69 Å². The van der Waals surface area contributed by atoms with Gasteiger partial charge in [-0.1, -0.05) is 23.7 Å². The monoisotopic (exact) mass is 296 g/mol. The lowest BCUT2D eigenvalue weighted by Gasteiger charge is -2.05. The zero-order valence-electron chi connectivity index (χ0n) is 10.3. The summed E-state index contributed by atoms with van der Waals surface area (Å²) in [7, 11) is 0. The fraction of sp³-hybridized carbons (Fsp3) is 0.231. The normalized spacial score (nSPS) is 10.4. The second-order valence-corrected chi connectivity index (χ2v) is 5.29. The lowest BCUT2D eigenvalue weighted by Crippen LogP contribution is -2.08. The zero-order valence-corrected chi connectivity index (χ0v) is 11.9. The van der Waals surface area contributed by atoms with Crippen molar-refractivity contribution in [1.29, 1.82) is 0 Å². The number of rotatable bonds is 5. The molecule has 0 unspecified atom stereocenters. The molecule has 2 N–H and O–H groups in total. The first-order valence-electron chi connectivity index (χ1n) is 5.76. The van der Waals surface area contributed by atoms with E-state index >= 15 is 0 Å². The molecular weight excluding hydrogens is 284 g/mol. The molecule has 19 heavy (non-hydrogen) atoms. The van der Waals surface area contributed by atoms with E-state index in [1.54, 1.807) is 6.92 Å². The van der Waals surface area contributed by atoms with Crippen LogP contribution in [0, 0.1) is 6.92 Å². The molecule has 0 fully saturated rings. The number of carboxylic acids is 1. The molecule has 0 atom stereocenters. The van der Waals surface area contributed by atoms with Crippen molar-refractivity contribution < 1.29 is 9.90 Å². The first kappa shape index (κ1) is 13.8. The van der Waals surface area contributed by atoms with Gasteiger partial charge in [-0.15, -0.1) is 0 Å². The lowest BCUT2D eigenvalue weighted by molar-refractivity contribution is 0.0697. The quantitative estimate of drug-likeness (QED) is 0.887. The number of halogens is 1. The van der Waals surface area contributed by atoms with E-state index in [9.17, 15) is 4.79 Å². The molecule has 1 aromatic carbocycles. The van der Waals surface area contributed by atoms with Gasteiger partial charge in [0, 0.05) is 11.6 Å². The molecule has 2 rings (SSSR count). The second-order valence-electron chi connectivity index (χ2n) is 4.08. The van der Waals surface area contributed by atoms with Gasteiger partial charge in [-0.25, -0.2) is 4.79 Å². The Bertz CT molecular complexity index is 581. The van der Waals surface area contributed by atoms with Crippen LogP contribution in [0.5, 0.6) is 0 Å². The number of aryl methyl sites for hydroxylation is 1. The fourth-order valence-corrected chi connectivity index (χ4v) is 2.65. The average Bonchev–Trinajstić information content (AvgIpc) is 2.73. The Morgan fingerprint density at radius 2 is 2.11 bits per heavy atom. The van der Waals surface area contributed by atoms with E-state index < -0.39 is 5.97 Å². The molecule has 0 bridgehead atoms. The zero-order chi connectivity index (χ0) is 13.8. The highest BCUT2D eigenvalue weighted by atomic mass is 35.5. The van der Waals surface area contributed by atoms with E-state index in [2.05, 4.69) is 9.69 Å². The highest BCUT2D eigenvalue weighted by Gasteiger charge is 2.16. The summed E-state index contributed by atoms with van der Waals surface area (Å²) in [6.45, 7) is 2.36. The van der Waals surface area contributed by atoms with Crippen molar-refractivity contribution in [2.45, 2.75) is 13.3 Å². The first-order valence-corrected chi connectivity index (χ1v) is 6.91. The van der Waals surface area contributed by atoms with E-state index in [0.29, 0.717) is 22.3 Å². The number of benzene rings is 1. The summed E-state index contributed by atoms with van der Waals surface area (Å²) < 4.78 is 4.06. The van der Waals surface area contributed by atoms with E-state index in [4.69, 9.17) is 16.7 Å². The maximum Gasteiger partial charge on any atom is 0.340 e. The summed E-state index contributed by atoms with van der Waals surface area (Å²) in [5, 5.41) is 13.5. The number of anilines is 1. The maximum atomic E-state index is 11.1. The second kappa shape index (κ2) is 6.04. The largest absolute Gasteiger partial charge is 0.478 e. The van der Waals surface area contributed by atoms with Crippen molar-refractivity contribution in [3.05, 3.63) is 46.1 Å². The van der Waals surface area contributed by atoms with Crippen LogP contribution in [0.3, 0.4) is 0 Å². The summed E-state index contributed by atoms with van der Waals surface area (Å²) in [6, 6.07) is 7.60. The SMILES string of the molecule is Cc1nsc(NCCc2ccc(Cl)cc2)c1C(=O)O. The maximum absolute atomic E-state index is 11.1. The van der Waals surface area contributed by atoms with E-state index in [0.717, 1.165) is 12.0 Å². The molecule has 0 aliphatic carbocycles. The summed E-state index contributed by atoms with van der Waals surface area (Å²) in [4.78, 5) is 11.1. The van der Waals surface area contributed by atoms with Gasteiger partial charge >= 0.3 is 5.97 Å². The summed E-state index contributed by atoms with van der Waals surface area (Å²) in [5.41, 5.74) is 1.96. The van der Waals surface area contributed by atoms with Gasteiger partial charge in [-0.3, -0.25) is 0 Å². The van der Waals surface area contributed by atoms with Gasteiger partial charge in [0.15, 0.2) is 0 Å². The van der Waals surface area contributed by atoms with Crippen molar-refractivity contribution >= 4 is 34.1 Å². The van der Waals surface area contributed by atoms with Crippen LogP contribution < -0.4 is 5.32 Å². The first-order chi connectivity index (χ1) is 9.08. The average molecular weight is 297 g/mol. The minimum atomic E-state index is -0.944. The Morgan fingerprint density at radius 3 is 2.74 bits per heavy atom. The van der Waals surface area contributed by atoms with Crippen molar-refractivity contribution in [3.63, 3.8) is 0 Å². The van der Waals surface area contributed by atoms with E-state index in [1.165, 1.54) is 11.5 Å². The minimum Gasteiger partial charge on any atom is -0.478 e. The highest BCUT2D eigenvalue weighted by molar-refractivity contribution is 7.10. The third-order valence-corrected chi connectivity index (χ3v) is 3.84. The predicted molar refractivity (Wildman–Crippen MR) is 77.5 cm³/mol. The van der Waals surface area contributed by atoms with Crippen LogP contribution in [0.4, 0.5) is 5.00 Å². The highest BCUT2D eigenvalue weighted by Crippen LogP contribution is 2.24. The van der Waals surface area contributed by atoms with Crippen LogP contribution in [0.1, 0.15) is 21.6 Å². The Morgan fingerprint density at radius 1 is 1.42 bits per heavy atom. The molecule has 1 heterocycles. The molecule has 0 aliphatic rings. The number of hydrogen-bond acceptors (Lipinski definition) is 4. The van der Waals surface area contributed by atoms with Gasteiger partial charge < -0.3 is 10.4 Å². The number of carbonyl (C=O) groups is 1. The van der Waals surface area contributed by atoms with Gasteiger partial charge in [0.1, 0.15) is 10.6 Å². The van der Waals surface area contributed by atoms with Crippen molar-refractivity contribution in [3.8, 4) is 0 Å². The Hall–Kier alpha value is -1.59. The Kier molecular flexibility index (Phi) is 4.39. The number of aromatic nitrogens is 1. The van der Waals surface area contributed by atoms with Gasteiger partial charge in [0.2, 0.25) is 0 Å². The minimum absolute atomic E-state index is 0.265. The number of aromatic carboxylic acids is 1. The van der Waals surface area contributed by atoms with Crippen molar-refractivity contribution in [2.24, 2.45) is 0 Å². The number of nitrogens with zero attached hydrogens (tertiary/aromatic N) is 1. The third-order valence-electron chi connectivity index (χ3n) is 2.69. The molecule has 4 nitrogen and oxygen atoms in total. The molecule has 0 saturated heterocycles. The third kappa shape index (κ3) is 3.45. The molecule has 0 spiro atoms. The van der Waals surface area contributed by atoms with Gasteiger partial charge in [-0.2, -0.15) is 4.37 Å². The van der Waals surface area contributed by atoms with Crippen LogP contribution in [0.25, 0.3) is 0 Å². The van der Waals surface area contributed by atoms with Gasteiger partial charge in [0.25, 0.3) is 0 Å². The molecule has 0 saturated carbocycles. The van der Waals surface area contributed by atoms with Crippen LogP contribution in [0.15, 0.2) is 24.3 Å². The van der Waals surface area contributed by atoms with Crippen LogP contribution >= 0.6 is 23.1 Å². The van der Waals surface area contributed by atoms with Crippen molar-refractivity contribution in [2.75, 3.05) is 11.9 Å². The summed E-state index contributed by atoms with van der Waals surface area (Å²) in [6.07, 6.45) is 0.799. The molecule has 6 heteroatoms. The topological polar surface area (TPSA) is 62.2 Å². The predicted octanol–water partition coefficient (Wildman–Crippen LogP) is 3.46. The van der Waals surface area contributed by atoms with Crippen molar-refractivity contribution in [1.82, 2.24) is 4.37 Å². The Labute approximate surface area is 120 Å². The number of carboxylic acid groups (broad SMARTS) is 1. The standard InChI is InChI=1S/C13H13ClN2O2S/c1-8-11(13(17)18)12(19-16-8)15-7-6-9-2-4-10(14)5-3-9/h2-5,15H,6-7H2,1H3,(H,17,18). The van der Waals surface area contributed by atoms with E-state index in [1.807, 2.05) is 24.3 Å². The molecule has 2 aromatic rings. The molecule has 1 aromatic heterocycles. The molecule has 0 amide bonds. The molecule has 0 radical (unpaired) electrons. The summed E-state index contributed by atoms with van der Waals surface area (Å²) >= 11 is 6.99. The van der Waals surface area contributed by atoms with Crippen LogP contribution in [-0.2, 0) is 6.42 Å². The lowest BCUT2D eigenvalue weighted by atomic mass is 10.1. The molecular formula is C13H13ClN2O2S. The number of hydrogen-bond donors (Lipinski definition) is 2. The fourth-order valence-electron chi connectivity index (χ4n) is 1.71. The number of nitrogens with one attached hydrogen (secondary N) is 1. The Balaban J connectivity index is 1.96. The molecule has 0 aliphatic heterocycles. The van der Waals surface area contributed by atoms with Gasteiger partial charge in [-0.05, 0) is 42.6 Å². The summed E-state index contributed by atoms with van der Waals surface area (Å²) in [5.74, 6) is -0.944.